The van der Waals surface area contributed by atoms with Gasteiger partial charge in [-0.3, -0.25) is 39.2 Å². The topological polar surface area (TPSA) is 292 Å². The standard InChI is InChI=1S/C26H33F3N4O2.C25H33F3N6O.C25H36N6O.C25H35N5OS/c1-18(2)7-8-19(13-20-15-30-22-6-4-3-5-21(20)22)14-23(34)24-16-31-25(35-24)33-11-9-32(10-12-33)17-26(27,28)29;1-17(2)7-8-18(13-19-15-29-21-6-4-3-5-20(19)21)14-22(35)23-30-24(32-31-23)34-11-9-33(10-12-34)16-25(26,27)28;1-4-30-11-13-31(14-12-30)25-27-24(28-29-25)23(32)16-19(10-9-18(2)3)15-20-17-26-22-8-6-5-7-21(20)22;1-4-29-11-13-30(14-12-29)25-28-27-24(32-25)23(31)16-19(10-9-18(2)3)15-20-17-26-22-8-6-5-7-21(20)22/h3-6,15-16,18-19,30H,7-14,17H2,1-2H3;3-6,15,17-18,29H,7-14,16H2,1-2H3,(H,30,31,32);5-8,17-19,26H,4,9-16H2,1-3H3,(H,27,28,29);5-8,17-19,26H,4,9-16H2,1-3H3. The first-order valence-electron chi connectivity index (χ1n) is 48.4. The highest BCUT2D eigenvalue weighted by molar-refractivity contribution is 7.17. The molecule has 4 fully saturated rings. The smallest absolute Gasteiger partial charge is 0.401 e. The van der Waals surface area contributed by atoms with Crippen LogP contribution in [0.4, 0.5) is 49.4 Å². The number of halogens is 6. The predicted molar refractivity (Wildman–Crippen MR) is 521 cm³/mol. The van der Waals surface area contributed by atoms with Crippen molar-refractivity contribution in [1.82, 2.24) is 85.1 Å². The van der Waals surface area contributed by atoms with E-state index in [0.29, 0.717) is 110 Å². The summed E-state index contributed by atoms with van der Waals surface area (Å²) in [4.78, 5) is 94.7. The molecule has 16 rings (SSSR count). The fourth-order valence-electron chi connectivity index (χ4n) is 18.5. The van der Waals surface area contributed by atoms with Gasteiger partial charge < -0.3 is 53.8 Å². The minimum absolute atomic E-state index is 0.0598. The molecule has 4 atom stereocenters. The molecular formula is C101H137F6N21O5S. The number of hydrogen-bond donors (Lipinski definition) is 6. The van der Waals surface area contributed by atoms with E-state index in [4.69, 9.17) is 4.42 Å². The molecule has 0 aliphatic carbocycles. The Balaban J connectivity index is 0.000000152. The molecule has 4 aliphatic heterocycles. The van der Waals surface area contributed by atoms with Crippen LogP contribution in [0.25, 0.3) is 43.6 Å². The first-order chi connectivity index (χ1) is 64.4. The normalized spacial score (nSPS) is 16.3. The van der Waals surface area contributed by atoms with E-state index in [9.17, 15) is 45.5 Å². The SMILES string of the molecule is CC(C)CCC(CC(=O)c1cnc(N2CCN(CC(F)(F)F)CC2)o1)Cc1c[nH]c2ccccc12.CC(C)CCC(CC(=O)c1nc(N2CCN(CC(F)(F)F)CC2)n[nH]1)Cc1c[nH]c2ccccc12.CCN1CCN(c2n[nH]c(C(=O)CC(CCC(C)C)Cc3c[nH]c4ccccc34)n2)CC1.CCN1CCN(c2nnc(C(=O)CC(CCC(C)C)Cc3c[nH]c4ccccc34)s2)CC1. The van der Waals surface area contributed by atoms with Gasteiger partial charge in [-0.05, 0) is 158 Å². The summed E-state index contributed by atoms with van der Waals surface area (Å²) in [5, 5.41) is 29.2. The summed E-state index contributed by atoms with van der Waals surface area (Å²) in [5.74, 6) is 5.13. The summed E-state index contributed by atoms with van der Waals surface area (Å²) >= 11 is 1.46. The number of Topliss-reactive ketones (excluding diaryl/α,β-unsaturated/α-hetero) is 4. The van der Waals surface area contributed by atoms with E-state index in [-0.39, 0.29) is 78.7 Å². The lowest BCUT2D eigenvalue weighted by Gasteiger charge is -2.34. The number of aromatic amines is 6. The number of alkyl halides is 6. The van der Waals surface area contributed by atoms with Crippen LogP contribution in [0.5, 0.6) is 0 Å². The number of H-pyrrole nitrogens is 6. The summed E-state index contributed by atoms with van der Waals surface area (Å²) in [7, 11) is 0. The summed E-state index contributed by atoms with van der Waals surface area (Å²) in [6.07, 6.45) is 14.7. The second kappa shape index (κ2) is 48.2. The third kappa shape index (κ3) is 29.7. The quantitative estimate of drug-likeness (QED) is 0.0154. The highest BCUT2D eigenvalue weighted by atomic mass is 32.1. The van der Waals surface area contributed by atoms with Crippen LogP contribution in [0.3, 0.4) is 0 Å². The van der Waals surface area contributed by atoms with E-state index in [1.54, 1.807) is 4.90 Å². The zero-order chi connectivity index (χ0) is 95.0. The Morgan fingerprint density at radius 2 is 0.701 bits per heavy atom. The monoisotopic (exact) mass is 1870 g/mol. The maximum Gasteiger partial charge on any atom is 0.401 e. The average molecular weight is 1870 g/mol. The van der Waals surface area contributed by atoms with Crippen LogP contribution < -0.4 is 19.6 Å². The van der Waals surface area contributed by atoms with Crippen molar-refractivity contribution in [2.45, 2.75) is 184 Å². The zero-order valence-corrected chi connectivity index (χ0v) is 80.4. The van der Waals surface area contributed by atoms with Crippen LogP contribution >= 0.6 is 11.3 Å². The first kappa shape index (κ1) is 101. The fraction of sp³-hybridized carbons (Fsp3) is 0.554. The lowest BCUT2D eigenvalue weighted by molar-refractivity contribution is -0.147. The van der Waals surface area contributed by atoms with Crippen molar-refractivity contribution in [1.29, 1.82) is 0 Å². The molecule has 0 radical (unpaired) electrons. The molecule has 4 aliphatic rings. The summed E-state index contributed by atoms with van der Waals surface area (Å²) < 4.78 is 81.5. The number of aromatic nitrogens is 13. The number of carbonyl (C=O) groups excluding carboxylic acids is 4. The van der Waals surface area contributed by atoms with Gasteiger partial charge in [-0.15, -0.1) is 20.4 Å². The number of nitrogens with one attached hydrogen (secondary N) is 6. The molecule has 6 N–H and O–H groups in total. The number of likely N-dealkylation sites (N-methyl/N-ethyl adjacent to an activating group) is 2. The number of piperazine rings is 4. The summed E-state index contributed by atoms with van der Waals surface area (Å²) in [6, 6.07) is 33.4. The molecule has 12 heterocycles. The molecule has 0 amide bonds. The van der Waals surface area contributed by atoms with Crippen LogP contribution in [0.2, 0.25) is 0 Å². The molecule has 0 saturated carbocycles. The van der Waals surface area contributed by atoms with Crippen molar-refractivity contribution in [2.24, 2.45) is 47.3 Å². The number of oxazole rings is 1. The third-order valence-electron chi connectivity index (χ3n) is 26.4. The predicted octanol–water partition coefficient (Wildman–Crippen LogP) is 19.9. The second-order valence-electron chi connectivity index (χ2n) is 38.6. The van der Waals surface area contributed by atoms with Crippen LogP contribution in [0.15, 0.2) is 132 Å². The highest BCUT2D eigenvalue weighted by Crippen LogP contribution is 2.35. The molecule has 0 bridgehead atoms. The minimum atomic E-state index is -4.20. The van der Waals surface area contributed by atoms with Gasteiger partial charge in [-0.1, -0.05) is 179 Å². The highest BCUT2D eigenvalue weighted by Gasteiger charge is 2.36. The van der Waals surface area contributed by atoms with Gasteiger partial charge >= 0.3 is 12.4 Å². The van der Waals surface area contributed by atoms with Gasteiger partial charge in [0.15, 0.2) is 45.5 Å². The Hall–Kier alpha value is -10.6. The van der Waals surface area contributed by atoms with E-state index in [1.165, 1.54) is 71.1 Å². The van der Waals surface area contributed by atoms with Crippen LogP contribution in [0.1, 0.15) is 210 Å². The van der Waals surface area contributed by atoms with Crippen molar-refractivity contribution in [2.75, 3.05) is 150 Å². The number of rotatable bonds is 40. The Kier molecular flexibility index (Phi) is 36.3. The Morgan fingerprint density at radius 1 is 0.388 bits per heavy atom. The number of carbonyl (C=O) groups is 4. The molecule has 33 heteroatoms. The van der Waals surface area contributed by atoms with Crippen molar-refractivity contribution in [3.63, 3.8) is 0 Å². The number of ketones is 4. The molecule has 12 aromatic rings. The molecule has 134 heavy (non-hydrogen) atoms. The van der Waals surface area contributed by atoms with Gasteiger partial charge in [-0.25, -0.2) is 4.98 Å². The maximum atomic E-state index is 13.2. The molecule has 0 spiro atoms. The van der Waals surface area contributed by atoms with Crippen LogP contribution in [-0.2, 0) is 25.7 Å². The molecule has 4 unspecified atom stereocenters. The Bertz CT molecular complexity index is 5290. The van der Waals surface area contributed by atoms with E-state index in [2.05, 4.69) is 221 Å². The van der Waals surface area contributed by atoms with Crippen molar-refractivity contribution in [3.8, 4) is 0 Å². The van der Waals surface area contributed by atoms with Gasteiger partial charge in [0.25, 0.3) is 6.01 Å². The van der Waals surface area contributed by atoms with Gasteiger partial charge in [-0.2, -0.15) is 36.3 Å². The number of benzene rings is 4. The van der Waals surface area contributed by atoms with E-state index in [0.717, 1.165) is 170 Å². The molecule has 8 aromatic heterocycles. The minimum Gasteiger partial charge on any atom is -0.420 e. The zero-order valence-electron chi connectivity index (χ0n) is 79.6. The summed E-state index contributed by atoms with van der Waals surface area (Å²) in [6.45, 7) is 32.9. The maximum absolute atomic E-state index is 13.2. The molecule has 724 valence electrons. The Morgan fingerprint density at radius 3 is 1.04 bits per heavy atom. The molecule has 4 saturated heterocycles. The largest absolute Gasteiger partial charge is 0.420 e. The first-order valence-corrected chi connectivity index (χ1v) is 49.2. The van der Waals surface area contributed by atoms with Gasteiger partial charge in [0.2, 0.25) is 17.0 Å². The summed E-state index contributed by atoms with van der Waals surface area (Å²) in [5.41, 5.74) is 9.49. The van der Waals surface area contributed by atoms with Crippen LogP contribution in [0, 0.1) is 47.3 Å². The number of nitrogens with zero attached hydrogens (tertiary/aromatic N) is 15. The van der Waals surface area contributed by atoms with Crippen molar-refractivity contribution < 1.29 is 49.9 Å². The van der Waals surface area contributed by atoms with E-state index >= 15 is 0 Å². The van der Waals surface area contributed by atoms with E-state index < -0.39 is 25.4 Å². The number of hydrogen-bond acceptors (Lipinski definition) is 21. The Labute approximate surface area is 786 Å². The van der Waals surface area contributed by atoms with Crippen molar-refractivity contribution in [3.05, 3.63) is 173 Å². The molecular weight excluding hydrogens is 1730 g/mol. The molecule has 4 aromatic carbocycles. The van der Waals surface area contributed by atoms with Gasteiger partial charge in [0.05, 0.1) is 19.3 Å². The van der Waals surface area contributed by atoms with Crippen LogP contribution in [-0.4, -0.2) is 251 Å². The lowest BCUT2D eigenvalue weighted by Crippen LogP contribution is -2.49. The van der Waals surface area contributed by atoms with E-state index in [1.807, 2.05) is 59.8 Å². The number of para-hydroxylation sites is 4. The third-order valence-corrected chi connectivity index (χ3v) is 27.5. The second-order valence-corrected chi connectivity index (χ2v) is 39.5. The van der Waals surface area contributed by atoms with Gasteiger partial charge in [0.1, 0.15) is 0 Å². The van der Waals surface area contributed by atoms with Crippen molar-refractivity contribution >= 4 is 101 Å². The number of anilines is 4. The lowest BCUT2D eigenvalue weighted by atomic mass is 9.87. The fourth-order valence-corrected chi connectivity index (χ4v) is 19.4. The number of fused-ring (bicyclic) bond motifs is 4. The van der Waals surface area contributed by atoms with Gasteiger partial charge in [0, 0.05) is 199 Å². The average Bonchev–Trinajstić information content (AvgIpc) is 1.69. The molecule has 26 nitrogen and oxygen atoms in total.